The number of fused-ring (bicyclic) bond motifs is 1. The second kappa shape index (κ2) is 4.19. The summed E-state index contributed by atoms with van der Waals surface area (Å²) in [5, 5.41) is 4.85. The zero-order valence-electron chi connectivity index (χ0n) is 9.62. The van der Waals surface area contributed by atoms with Crippen molar-refractivity contribution in [2.24, 2.45) is 0 Å². The quantitative estimate of drug-likeness (QED) is 0.789. The maximum absolute atomic E-state index is 3.43. The second-order valence-corrected chi connectivity index (χ2v) is 5.83. The van der Waals surface area contributed by atoms with Crippen molar-refractivity contribution >= 4 is 21.4 Å². The Bertz CT molecular complexity index is 494. The lowest BCUT2D eigenvalue weighted by Gasteiger charge is -2.21. The van der Waals surface area contributed by atoms with E-state index in [1.807, 2.05) is 11.3 Å². The van der Waals surface area contributed by atoms with Crippen LogP contribution in [0.5, 0.6) is 0 Å². The lowest BCUT2D eigenvalue weighted by molar-refractivity contribution is 0.465. The van der Waals surface area contributed by atoms with Gasteiger partial charge in [0.25, 0.3) is 0 Å². The summed E-state index contributed by atoms with van der Waals surface area (Å²) in [6.45, 7) is 4.53. The van der Waals surface area contributed by atoms with E-state index < -0.39 is 0 Å². The summed E-state index contributed by atoms with van der Waals surface area (Å²) in [5.41, 5.74) is 1.37. The largest absolute Gasteiger partial charge is 0.317 e. The molecule has 0 radical (unpaired) electrons. The first kappa shape index (κ1) is 10.3. The molecule has 16 heavy (non-hydrogen) atoms. The standard InChI is InChI=1S/C14H17NS/c1-10-2-3-12-9-14(16-13(12)8-10)11-4-6-15-7-5-11/h2-3,8-9,11,15H,4-7H2,1H3. The minimum absolute atomic E-state index is 0.791. The van der Waals surface area contributed by atoms with Crippen LogP contribution in [0.2, 0.25) is 0 Å². The van der Waals surface area contributed by atoms with Gasteiger partial charge in [-0.2, -0.15) is 0 Å². The fourth-order valence-corrected chi connectivity index (χ4v) is 3.80. The van der Waals surface area contributed by atoms with Crippen molar-refractivity contribution in [2.45, 2.75) is 25.7 Å². The van der Waals surface area contributed by atoms with E-state index >= 15 is 0 Å². The van der Waals surface area contributed by atoms with Crippen LogP contribution in [0.3, 0.4) is 0 Å². The Labute approximate surface area is 100 Å². The first-order chi connectivity index (χ1) is 7.83. The summed E-state index contributed by atoms with van der Waals surface area (Å²) in [6, 6.07) is 9.17. The predicted molar refractivity (Wildman–Crippen MR) is 71.4 cm³/mol. The highest BCUT2D eigenvalue weighted by Gasteiger charge is 2.17. The van der Waals surface area contributed by atoms with Crippen LogP contribution in [0.4, 0.5) is 0 Å². The molecule has 2 heterocycles. The van der Waals surface area contributed by atoms with E-state index in [4.69, 9.17) is 0 Å². The Hall–Kier alpha value is -0.860. The number of rotatable bonds is 1. The van der Waals surface area contributed by atoms with Crippen molar-refractivity contribution in [3.63, 3.8) is 0 Å². The van der Waals surface area contributed by atoms with Crippen LogP contribution in [0.1, 0.15) is 29.2 Å². The molecular formula is C14H17NS. The van der Waals surface area contributed by atoms with E-state index in [0.717, 1.165) is 5.92 Å². The molecule has 0 bridgehead atoms. The maximum atomic E-state index is 3.43. The molecule has 0 aliphatic carbocycles. The van der Waals surface area contributed by atoms with E-state index in [1.54, 1.807) is 4.88 Å². The van der Waals surface area contributed by atoms with Crippen LogP contribution in [0, 0.1) is 6.92 Å². The summed E-state index contributed by atoms with van der Waals surface area (Å²) in [5.74, 6) is 0.791. The zero-order chi connectivity index (χ0) is 11.0. The topological polar surface area (TPSA) is 12.0 Å². The fourth-order valence-electron chi connectivity index (χ4n) is 2.47. The Balaban J connectivity index is 1.97. The van der Waals surface area contributed by atoms with Gasteiger partial charge in [-0.05, 0) is 61.9 Å². The van der Waals surface area contributed by atoms with Gasteiger partial charge < -0.3 is 5.32 Å². The van der Waals surface area contributed by atoms with Crippen molar-refractivity contribution in [1.29, 1.82) is 0 Å². The molecule has 2 aromatic rings. The average Bonchev–Trinajstić information content (AvgIpc) is 2.73. The molecule has 3 rings (SSSR count). The van der Waals surface area contributed by atoms with E-state index in [9.17, 15) is 0 Å². The monoisotopic (exact) mass is 231 g/mol. The van der Waals surface area contributed by atoms with E-state index in [0.29, 0.717) is 0 Å². The summed E-state index contributed by atoms with van der Waals surface area (Å²) >= 11 is 1.99. The molecule has 1 aromatic carbocycles. The Morgan fingerprint density at radius 3 is 2.81 bits per heavy atom. The first-order valence-electron chi connectivity index (χ1n) is 6.04. The minimum Gasteiger partial charge on any atom is -0.317 e. The lowest BCUT2D eigenvalue weighted by atomic mass is 9.96. The van der Waals surface area contributed by atoms with Crippen LogP contribution >= 0.6 is 11.3 Å². The van der Waals surface area contributed by atoms with Gasteiger partial charge in [0, 0.05) is 9.58 Å². The number of aryl methyl sites for hydroxylation is 1. The predicted octanol–water partition coefficient (Wildman–Crippen LogP) is 3.68. The van der Waals surface area contributed by atoms with Crippen LogP contribution < -0.4 is 5.32 Å². The summed E-state index contributed by atoms with van der Waals surface area (Å²) in [6.07, 6.45) is 2.59. The van der Waals surface area contributed by atoms with Gasteiger partial charge in [-0.1, -0.05) is 12.1 Å². The van der Waals surface area contributed by atoms with Crippen LogP contribution in [0.15, 0.2) is 24.3 Å². The SMILES string of the molecule is Cc1ccc2cc(C3CCNCC3)sc2c1. The molecule has 1 nitrogen and oxygen atoms in total. The van der Waals surface area contributed by atoms with Crippen molar-refractivity contribution < 1.29 is 0 Å². The summed E-state index contributed by atoms with van der Waals surface area (Å²) in [4.78, 5) is 1.59. The van der Waals surface area contributed by atoms with E-state index in [2.05, 4.69) is 36.5 Å². The Morgan fingerprint density at radius 2 is 2.00 bits per heavy atom. The molecule has 0 spiro atoms. The molecule has 1 N–H and O–H groups in total. The molecule has 0 atom stereocenters. The number of hydrogen-bond acceptors (Lipinski definition) is 2. The van der Waals surface area contributed by atoms with Gasteiger partial charge in [0.05, 0.1) is 0 Å². The first-order valence-corrected chi connectivity index (χ1v) is 6.85. The third-order valence-electron chi connectivity index (χ3n) is 3.44. The highest BCUT2D eigenvalue weighted by Crippen LogP contribution is 2.35. The molecule has 0 amide bonds. The van der Waals surface area contributed by atoms with Gasteiger partial charge in [-0.3, -0.25) is 0 Å². The molecule has 1 aliphatic heterocycles. The lowest BCUT2D eigenvalue weighted by Crippen LogP contribution is -2.26. The van der Waals surface area contributed by atoms with Crippen molar-refractivity contribution in [2.75, 3.05) is 13.1 Å². The van der Waals surface area contributed by atoms with Gasteiger partial charge in [-0.15, -0.1) is 11.3 Å². The molecule has 0 saturated carbocycles. The summed E-state index contributed by atoms with van der Waals surface area (Å²) in [7, 11) is 0. The molecule has 1 aromatic heterocycles. The number of piperidine rings is 1. The Kier molecular flexibility index (Phi) is 2.70. The van der Waals surface area contributed by atoms with Gasteiger partial charge >= 0.3 is 0 Å². The van der Waals surface area contributed by atoms with E-state index in [1.165, 1.54) is 41.6 Å². The van der Waals surface area contributed by atoms with Crippen LogP contribution in [-0.4, -0.2) is 13.1 Å². The second-order valence-electron chi connectivity index (χ2n) is 4.71. The molecule has 2 heteroatoms. The van der Waals surface area contributed by atoms with Crippen molar-refractivity contribution in [3.05, 3.63) is 34.7 Å². The van der Waals surface area contributed by atoms with Crippen molar-refractivity contribution in [3.8, 4) is 0 Å². The number of thiophene rings is 1. The van der Waals surface area contributed by atoms with Crippen molar-refractivity contribution in [1.82, 2.24) is 5.32 Å². The van der Waals surface area contributed by atoms with Gasteiger partial charge in [0.15, 0.2) is 0 Å². The Morgan fingerprint density at radius 1 is 1.19 bits per heavy atom. The molecule has 0 unspecified atom stereocenters. The maximum Gasteiger partial charge on any atom is 0.0348 e. The molecule has 1 saturated heterocycles. The van der Waals surface area contributed by atoms with Crippen LogP contribution in [0.25, 0.3) is 10.1 Å². The zero-order valence-corrected chi connectivity index (χ0v) is 10.4. The molecule has 1 fully saturated rings. The summed E-state index contributed by atoms with van der Waals surface area (Å²) < 4.78 is 1.45. The smallest absolute Gasteiger partial charge is 0.0348 e. The van der Waals surface area contributed by atoms with Gasteiger partial charge in [0.1, 0.15) is 0 Å². The van der Waals surface area contributed by atoms with E-state index in [-0.39, 0.29) is 0 Å². The van der Waals surface area contributed by atoms with Gasteiger partial charge in [-0.25, -0.2) is 0 Å². The molecule has 1 aliphatic rings. The minimum atomic E-state index is 0.791. The third-order valence-corrected chi connectivity index (χ3v) is 4.70. The van der Waals surface area contributed by atoms with Crippen LogP contribution in [-0.2, 0) is 0 Å². The third kappa shape index (κ3) is 1.87. The normalized spacial score (nSPS) is 18.1. The van der Waals surface area contributed by atoms with Gasteiger partial charge in [0.2, 0.25) is 0 Å². The highest BCUT2D eigenvalue weighted by molar-refractivity contribution is 7.19. The highest BCUT2D eigenvalue weighted by atomic mass is 32.1. The number of hydrogen-bond donors (Lipinski definition) is 1. The fraction of sp³-hybridized carbons (Fsp3) is 0.429. The molecule has 84 valence electrons. The number of benzene rings is 1. The average molecular weight is 231 g/mol. The number of nitrogens with one attached hydrogen (secondary N) is 1. The molecular weight excluding hydrogens is 214 g/mol.